The van der Waals surface area contributed by atoms with Crippen LogP contribution >= 0.6 is 11.8 Å². The lowest BCUT2D eigenvalue weighted by molar-refractivity contribution is -0.134. The fourth-order valence-corrected chi connectivity index (χ4v) is 2.72. The van der Waals surface area contributed by atoms with Gasteiger partial charge in [-0.1, -0.05) is 0 Å². The molecule has 1 saturated heterocycles. The molecule has 2 aliphatic rings. The highest BCUT2D eigenvalue weighted by atomic mass is 32.2. The van der Waals surface area contributed by atoms with Gasteiger partial charge in [0, 0.05) is 7.05 Å². The van der Waals surface area contributed by atoms with Crippen LogP contribution in [0.2, 0.25) is 0 Å². The summed E-state index contributed by atoms with van der Waals surface area (Å²) in [5, 5.41) is 10.5. The lowest BCUT2D eigenvalue weighted by Crippen LogP contribution is -2.46. The van der Waals surface area contributed by atoms with Crippen molar-refractivity contribution < 1.29 is 9.59 Å². The second kappa shape index (κ2) is 4.33. The van der Waals surface area contributed by atoms with Gasteiger partial charge in [-0.3, -0.25) is 15.0 Å². The Labute approximate surface area is 105 Å². The van der Waals surface area contributed by atoms with Gasteiger partial charge in [0.05, 0.1) is 5.54 Å². The predicted octanol–water partition coefficient (Wildman–Crippen LogP) is 0.249. The van der Waals surface area contributed by atoms with Gasteiger partial charge in [-0.05, 0) is 31.3 Å². The average molecular weight is 255 g/mol. The van der Waals surface area contributed by atoms with E-state index in [-0.39, 0.29) is 17.5 Å². The third-order valence-corrected chi connectivity index (χ3v) is 4.25. The summed E-state index contributed by atoms with van der Waals surface area (Å²) in [5.74, 6) is 0.378. The van der Waals surface area contributed by atoms with E-state index in [1.807, 2.05) is 6.26 Å². The van der Waals surface area contributed by atoms with E-state index in [2.05, 4.69) is 5.32 Å². The number of likely N-dealkylation sites (N-methyl/N-ethyl adjacent to an activating group) is 1. The first-order chi connectivity index (χ1) is 8.03. The van der Waals surface area contributed by atoms with Gasteiger partial charge < -0.3 is 10.2 Å². The molecule has 6 heteroatoms. The SMILES string of the molecule is CSCC[C@@H]1NC(=O)C(=N)C2(CC2)N(C)C1=O. The molecule has 0 unspecified atom stereocenters. The van der Waals surface area contributed by atoms with Crippen molar-refractivity contribution in [2.24, 2.45) is 0 Å². The maximum absolute atomic E-state index is 12.2. The molecular formula is C11H17N3O2S. The first-order valence-corrected chi connectivity index (χ1v) is 7.09. The smallest absolute Gasteiger partial charge is 0.268 e. The zero-order chi connectivity index (χ0) is 12.6. The van der Waals surface area contributed by atoms with E-state index in [0.29, 0.717) is 6.42 Å². The van der Waals surface area contributed by atoms with Crippen molar-refractivity contribution in [1.29, 1.82) is 5.41 Å². The lowest BCUT2D eigenvalue weighted by atomic mass is 10.1. The van der Waals surface area contributed by atoms with E-state index < -0.39 is 11.6 Å². The summed E-state index contributed by atoms with van der Waals surface area (Å²) in [6, 6.07) is -0.472. The molecular weight excluding hydrogens is 238 g/mol. The Hall–Kier alpha value is -1.04. The number of rotatable bonds is 3. The van der Waals surface area contributed by atoms with Gasteiger partial charge >= 0.3 is 0 Å². The molecule has 1 heterocycles. The molecule has 2 rings (SSSR count). The first-order valence-electron chi connectivity index (χ1n) is 5.69. The molecule has 1 spiro atoms. The number of carbonyl (C=O) groups excluding carboxylic acids is 2. The molecule has 2 fully saturated rings. The first kappa shape index (κ1) is 12.4. The number of nitrogens with zero attached hydrogens (tertiary/aromatic N) is 1. The largest absolute Gasteiger partial charge is 0.339 e. The van der Waals surface area contributed by atoms with Gasteiger partial charge in [-0.15, -0.1) is 0 Å². The van der Waals surface area contributed by atoms with Crippen LogP contribution < -0.4 is 5.32 Å². The molecule has 1 saturated carbocycles. The van der Waals surface area contributed by atoms with Gasteiger partial charge in [0.15, 0.2) is 0 Å². The predicted molar refractivity (Wildman–Crippen MR) is 67.4 cm³/mol. The van der Waals surface area contributed by atoms with E-state index >= 15 is 0 Å². The van der Waals surface area contributed by atoms with Crippen LogP contribution in [-0.2, 0) is 9.59 Å². The molecule has 1 atom stereocenters. The Balaban J connectivity index is 2.21. The molecule has 2 amide bonds. The second-order valence-electron chi connectivity index (χ2n) is 4.61. The quantitative estimate of drug-likeness (QED) is 0.759. The second-order valence-corrected chi connectivity index (χ2v) is 5.60. The molecule has 0 aromatic carbocycles. The van der Waals surface area contributed by atoms with Crippen molar-refractivity contribution in [2.75, 3.05) is 19.1 Å². The minimum atomic E-state index is -0.602. The maximum atomic E-state index is 12.2. The van der Waals surface area contributed by atoms with Crippen molar-refractivity contribution in [3.8, 4) is 0 Å². The molecule has 0 radical (unpaired) electrons. The van der Waals surface area contributed by atoms with Crippen molar-refractivity contribution >= 4 is 29.3 Å². The van der Waals surface area contributed by atoms with E-state index in [0.717, 1.165) is 18.6 Å². The number of hydrogen-bond donors (Lipinski definition) is 2. The zero-order valence-electron chi connectivity index (χ0n) is 10.1. The molecule has 0 bridgehead atoms. The van der Waals surface area contributed by atoms with Gasteiger partial charge in [0.25, 0.3) is 5.91 Å². The van der Waals surface area contributed by atoms with Crippen LogP contribution in [0.1, 0.15) is 19.3 Å². The molecule has 5 nitrogen and oxygen atoms in total. The Bertz CT molecular complexity index is 379. The Morgan fingerprint density at radius 3 is 2.71 bits per heavy atom. The highest BCUT2D eigenvalue weighted by Gasteiger charge is 2.57. The van der Waals surface area contributed by atoms with Crippen molar-refractivity contribution in [2.45, 2.75) is 30.8 Å². The highest BCUT2D eigenvalue weighted by Crippen LogP contribution is 2.43. The van der Waals surface area contributed by atoms with E-state index in [1.54, 1.807) is 23.7 Å². The van der Waals surface area contributed by atoms with Crippen LogP contribution in [0.3, 0.4) is 0 Å². The summed E-state index contributed by atoms with van der Waals surface area (Å²) in [7, 11) is 1.70. The Morgan fingerprint density at radius 2 is 2.18 bits per heavy atom. The van der Waals surface area contributed by atoms with Gasteiger partial charge in [-0.25, -0.2) is 0 Å². The summed E-state index contributed by atoms with van der Waals surface area (Å²) < 4.78 is 0. The van der Waals surface area contributed by atoms with Gasteiger partial charge in [0.1, 0.15) is 11.8 Å². The molecule has 0 aromatic heterocycles. The van der Waals surface area contributed by atoms with Crippen LogP contribution in [0.4, 0.5) is 0 Å². The molecule has 17 heavy (non-hydrogen) atoms. The van der Waals surface area contributed by atoms with Gasteiger partial charge in [0.2, 0.25) is 5.91 Å². The standard InChI is InChI=1S/C11H17N3O2S/c1-14-10(16)7(3-6-17-2)13-9(15)8(12)11(14)4-5-11/h7,12H,3-6H2,1-2H3,(H,13,15)/t7-/m0/s1. The molecule has 94 valence electrons. The molecule has 0 aromatic rings. The van der Waals surface area contributed by atoms with Crippen LogP contribution in [0.5, 0.6) is 0 Å². The molecule has 1 aliphatic heterocycles. The van der Waals surface area contributed by atoms with Crippen molar-refractivity contribution in [3.63, 3.8) is 0 Å². The lowest BCUT2D eigenvalue weighted by Gasteiger charge is -2.26. The van der Waals surface area contributed by atoms with E-state index in [1.165, 1.54) is 0 Å². The van der Waals surface area contributed by atoms with Crippen LogP contribution in [-0.4, -0.2) is 53.1 Å². The fraction of sp³-hybridized carbons (Fsp3) is 0.727. The summed E-state index contributed by atoms with van der Waals surface area (Å²) in [5.41, 5.74) is -0.560. The number of carbonyl (C=O) groups is 2. The zero-order valence-corrected chi connectivity index (χ0v) is 10.9. The van der Waals surface area contributed by atoms with E-state index in [4.69, 9.17) is 5.41 Å². The Morgan fingerprint density at radius 1 is 1.53 bits per heavy atom. The topological polar surface area (TPSA) is 73.3 Å². The van der Waals surface area contributed by atoms with Crippen LogP contribution in [0, 0.1) is 5.41 Å². The molecule has 2 N–H and O–H groups in total. The third-order valence-electron chi connectivity index (χ3n) is 3.60. The number of hydrogen-bond acceptors (Lipinski definition) is 4. The Kier molecular flexibility index (Phi) is 3.16. The summed E-state index contributed by atoms with van der Waals surface area (Å²) in [6.07, 6.45) is 4.06. The van der Waals surface area contributed by atoms with E-state index in [9.17, 15) is 9.59 Å². The highest BCUT2D eigenvalue weighted by molar-refractivity contribution is 7.98. The maximum Gasteiger partial charge on any atom is 0.268 e. The third kappa shape index (κ3) is 1.94. The average Bonchev–Trinajstić information content (AvgIpc) is 3.12. The fourth-order valence-electron chi connectivity index (χ4n) is 2.25. The summed E-state index contributed by atoms with van der Waals surface area (Å²) in [4.78, 5) is 25.6. The normalized spacial score (nSPS) is 27.1. The monoisotopic (exact) mass is 255 g/mol. The summed E-state index contributed by atoms with van der Waals surface area (Å²) in [6.45, 7) is 0. The van der Waals surface area contributed by atoms with Crippen molar-refractivity contribution in [3.05, 3.63) is 0 Å². The summed E-state index contributed by atoms with van der Waals surface area (Å²) >= 11 is 1.65. The minimum Gasteiger partial charge on any atom is -0.339 e. The van der Waals surface area contributed by atoms with Crippen LogP contribution in [0.25, 0.3) is 0 Å². The number of thioether (sulfide) groups is 1. The molecule has 1 aliphatic carbocycles. The van der Waals surface area contributed by atoms with Gasteiger partial charge in [-0.2, -0.15) is 11.8 Å². The number of nitrogens with one attached hydrogen (secondary N) is 2. The number of amides is 2. The van der Waals surface area contributed by atoms with Crippen LogP contribution in [0.15, 0.2) is 0 Å². The van der Waals surface area contributed by atoms with Crippen molar-refractivity contribution in [1.82, 2.24) is 10.2 Å². The minimum absolute atomic E-state index is 0.0417.